The third-order valence-electron chi connectivity index (χ3n) is 3.04. The average molecular weight is 387 g/mol. The van der Waals surface area contributed by atoms with Crippen molar-refractivity contribution < 1.29 is 4.79 Å². The zero-order valence-electron chi connectivity index (χ0n) is 11.7. The molecule has 0 aliphatic heterocycles. The van der Waals surface area contributed by atoms with Gasteiger partial charge in [0.2, 0.25) is 0 Å². The predicted octanol–water partition coefficient (Wildman–Crippen LogP) is 5.34. The zero-order valence-corrected chi connectivity index (χ0v) is 14.8. The summed E-state index contributed by atoms with van der Waals surface area (Å²) in [5.41, 5.74) is 2.63. The summed E-state index contributed by atoms with van der Waals surface area (Å²) in [5.74, 6) is -0.0574. The van der Waals surface area contributed by atoms with Crippen LogP contribution in [0.25, 0.3) is 0 Å². The highest BCUT2D eigenvalue weighted by atomic mass is 79.9. The summed E-state index contributed by atoms with van der Waals surface area (Å²) in [5, 5.41) is 1.13. The number of hydrogen-bond acceptors (Lipinski definition) is 1. The van der Waals surface area contributed by atoms with Crippen molar-refractivity contribution in [2.45, 2.75) is 13.5 Å². The molecule has 0 heterocycles. The van der Waals surface area contributed by atoms with Gasteiger partial charge in [-0.05, 0) is 64.3 Å². The molecule has 0 saturated carbocycles. The Morgan fingerprint density at radius 2 is 1.76 bits per heavy atom. The number of benzene rings is 2. The monoisotopic (exact) mass is 385 g/mol. The van der Waals surface area contributed by atoms with Crippen LogP contribution in [0.15, 0.2) is 40.9 Å². The van der Waals surface area contributed by atoms with Crippen molar-refractivity contribution in [2.75, 3.05) is 7.05 Å². The highest BCUT2D eigenvalue weighted by Crippen LogP contribution is 2.22. The Morgan fingerprint density at radius 3 is 2.33 bits per heavy atom. The summed E-state index contributed by atoms with van der Waals surface area (Å²) in [4.78, 5) is 14.1. The molecule has 1 amide bonds. The van der Waals surface area contributed by atoms with E-state index < -0.39 is 0 Å². The summed E-state index contributed by atoms with van der Waals surface area (Å²) < 4.78 is 0.795. The van der Waals surface area contributed by atoms with Crippen LogP contribution < -0.4 is 0 Å². The lowest BCUT2D eigenvalue weighted by molar-refractivity contribution is 0.0784. The third kappa shape index (κ3) is 4.22. The fourth-order valence-corrected chi connectivity index (χ4v) is 3.28. The van der Waals surface area contributed by atoms with Gasteiger partial charge in [-0.25, -0.2) is 0 Å². The first-order valence-corrected chi connectivity index (χ1v) is 7.88. The van der Waals surface area contributed by atoms with Crippen LogP contribution in [0, 0.1) is 6.92 Å². The molecule has 0 spiro atoms. The van der Waals surface area contributed by atoms with Gasteiger partial charge in [-0.15, -0.1) is 0 Å². The number of halogens is 3. The molecule has 0 fully saturated rings. The molecule has 2 aromatic rings. The largest absolute Gasteiger partial charge is 0.337 e. The summed E-state index contributed by atoms with van der Waals surface area (Å²) in [6.07, 6.45) is 0. The van der Waals surface area contributed by atoms with Gasteiger partial charge in [0, 0.05) is 28.1 Å². The standard InChI is InChI=1S/C16H14BrCl2NO/c1-10-3-4-14(15(17)5-10)16(21)20(2)9-11-6-12(18)8-13(19)7-11/h3-8H,9H2,1-2H3. The van der Waals surface area contributed by atoms with Crippen LogP contribution in [0.3, 0.4) is 0 Å². The lowest BCUT2D eigenvalue weighted by Crippen LogP contribution is -2.26. The fraction of sp³-hybridized carbons (Fsp3) is 0.188. The van der Waals surface area contributed by atoms with Gasteiger partial charge in [-0.3, -0.25) is 4.79 Å². The lowest BCUT2D eigenvalue weighted by atomic mass is 10.1. The van der Waals surface area contributed by atoms with Gasteiger partial charge in [-0.2, -0.15) is 0 Å². The zero-order chi connectivity index (χ0) is 15.6. The Kier molecular flexibility index (Phi) is 5.31. The van der Waals surface area contributed by atoms with E-state index >= 15 is 0 Å². The van der Waals surface area contributed by atoms with Crippen molar-refractivity contribution in [1.82, 2.24) is 4.90 Å². The van der Waals surface area contributed by atoms with Gasteiger partial charge >= 0.3 is 0 Å². The molecule has 2 aromatic carbocycles. The lowest BCUT2D eigenvalue weighted by Gasteiger charge is -2.18. The van der Waals surface area contributed by atoms with Crippen LogP contribution >= 0.6 is 39.1 Å². The maximum absolute atomic E-state index is 12.5. The van der Waals surface area contributed by atoms with E-state index in [9.17, 15) is 4.79 Å². The van der Waals surface area contributed by atoms with Crippen molar-refractivity contribution >= 4 is 45.0 Å². The molecule has 5 heteroatoms. The van der Waals surface area contributed by atoms with Crippen LogP contribution in [0.1, 0.15) is 21.5 Å². The first-order chi connectivity index (χ1) is 9.86. The van der Waals surface area contributed by atoms with E-state index in [0.717, 1.165) is 15.6 Å². The van der Waals surface area contributed by atoms with E-state index in [-0.39, 0.29) is 5.91 Å². The number of nitrogens with zero attached hydrogens (tertiary/aromatic N) is 1. The van der Waals surface area contributed by atoms with Crippen LogP contribution in [0.5, 0.6) is 0 Å². The van der Waals surface area contributed by atoms with E-state index in [1.807, 2.05) is 25.1 Å². The number of carbonyl (C=O) groups excluding carboxylic acids is 1. The second kappa shape index (κ2) is 6.82. The number of carbonyl (C=O) groups is 1. The highest BCUT2D eigenvalue weighted by molar-refractivity contribution is 9.10. The highest BCUT2D eigenvalue weighted by Gasteiger charge is 2.15. The molecular formula is C16H14BrCl2NO. The minimum atomic E-state index is -0.0574. The Hall–Kier alpha value is -1.03. The van der Waals surface area contributed by atoms with Crippen molar-refractivity contribution in [3.63, 3.8) is 0 Å². The van der Waals surface area contributed by atoms with Crippen LogP contribution in [0.4, 0.5) is 0 Å². The molecular weight excluding hydrogens is 373 g/mol. The molecule has 0 aliphatic carbocycles. The van der Waals surface area contributed by atoms with Crippen molar-refractivity contribution in [1.29, 1.82) is 0 Å². The smallest absolute Gasteiger partial charge is 0.255 e. The van der Waals surface area contributed by atoms with Crippen LogP contribution in [-0.2, 0) is 6.54 Å². The van der Waals surface area contributed by atoms with Crippen LogP contribution in [0.2, 0.25) is 10.0 Å². The van der Waals surface area contributed by atoms with Crippen molar-refractivity contribution in [3.05, 3.63) is 67.6 Å². The van der Waals surface area contributed by atoms with E-state index in [1.165, 1.54) is 0 Å². The molecule has 0 N–H and O–H groups in total. The molecule has 0 saturated heterocycles. The second-order valence-corrected chi connectivity index (χ2v) is 6.65. The van der Waals surface area contributed by atoms with Gasteiger partial charge in [0.25, 0.3) is 5.91 Å². The first-order valence-electron chi connectivity index (χ1n) is 6.33. The first kappa shape index (κ1) is 16.3. The predicted molar refractivity (Wildman–Crippen MR) is 91.1 cm³/mol. The molecule has 2 rings (SSSR count). The molecule has 0 unspecified atom stereocenters. The molecule has 0 bridgehead atoms. The maximum Gasteiger partial charge on any atom is 0.255 e. The topological polar surface area (TPSA) is 20.3 Å². The number of hydrogen-bond donors (Lipinski definition) is 0. The van der Waals surface area contributed by atoms with Gasteiger partial charge in [0.15, 0.2) is 0 Å². The SMILES string of the molecule is Cc1ccc(C(=O)N(C)Cc2cc(Cl)cc(Cl)c2)c(Br)c1. The number of aryl methyl sites for hydroxylation is 1. The summed E-state index contributed by atoms with van der Waals surface area (Å²) >= 11 is 15.4. The molecule has 0 aliphatic rings. The van der Waals surface area contributed by atoms with E-state index in [2.05, 4.69) is 15.9 Å². The van der Waals surface area contributed by atoms with Gasteiger partial charge in [0.05, 0.1) is 5.56 Å². The summed E-state index contributed by atoms with van der Waals surface area (Å²) in [6.45, 7) is 2.43. The van der Waals surface area contributed by atoms with Gasteiger partial charge in [0.1, 0.15) is 0 Å². The molecule has 2 nitrogen and oxygen atoms in total. The molecule has 0 aromatic heterocycles. The minimum Gasteiger partial charge on any atom is -0.337 e. The summed E-state index contributed by atoms with van der Waals surface area (Å²) in [7, 11) is 1.75. The Labute approximate surface area is 142 Å². The third-order valence-corrected chi connectivity index (χ3v) is 4.14. The summed E-state index contributed by atoms with van der Waals surface area (Å²) in [6, 6.07) is 11.0. The molecule has 21 heavy (non-hydrogen) atoms. The minimum absolute atomic E-state index is 0.0574. The second-order valence-electron chi connectivity index (χ2n) is 4.92. The quantitative estimate of drug-likeness (QED) is 0.697. The normalized spacial score (nSPS) is 10.5. The maximum atomic E-state index is 12.5. The molecule has 0 radical (unpaired) electrons. The van der Waals surface area contributed by atoms with Crippen molar-refractivity contribution in [3.8, 4) is 0 Å². The van der Waals surface area contributed by atoms with Crippen LogP contribution in [-0.4, -0.2) is 17.9 Å². The molecule has 0 atom stereocenters. The fourth-order valence-electron chi connectivity index (χ4n) is 2.05. The van der Waals surface area contributed by atoms with Gasteiger partial charge < -0.3 is 4.90 Å². The van der Waals surface area contributed by atoms with E-state index in [4.69, 9.17) is 23.2 Å². The Morgan fingerprint density at radius 1 is 1.14 bits per heavy atom. The van der Waals surface area contributed by atoms with Crippen molar-refractivity contribution in [2.24, 2.45) is 0 Å². The molecule has 110 valence electrons. The van der Waals surface area contributed by atoms with Gasteiger partial charge in [-0.1, -0.05) is 29.3 Å². The Balaban J connectivity index is 2.19. The van der Waals surface area contributed by atoms with E-state index in [1.54, 1.807) is 30.1 Å². The number of amides is 1. The number of rotatable bonds is 3. The average Bonchev–Trinajstić information content (AvgIpc) is 2.36. The van der Waals surface area contributed by atoms with E-state index in [0.29, 0.717) is 22.2 Å². The Bertz CT molecular complexity index is 668.